The average molecular weight is 360 g/mol. The third-order valence-corrected chi connectivity index (χ3v) is 4.61. The number of benzene rings is 2. The van der Waals surface area contributed by atoms with Crippen LogP contribution >= 0.6 is 11.6 Å². The zero-order valence-corrected chi connectivity index (χ0v) is 14.4. The van der Waals surface area contributed by atoms with Gasteiger partial charge in [-0.05, 0) is 11.6 Å². The lowest BCUT2D eigenvalue weighted by molar-refractivity contribution is -0.384. The number of carbonyl (C=O) groups is 1. The van der Waals surface area contributed by atoms with Crippen LogP contribution in [0.1, 0.15) is 5.56 Å². The number of hydrogen-bond donors (Lipinski definition) is 0. The topological polar surface area (TPSA) is 66.7 Å². The van der Waals surface area contributed by atoms with E-state index < -0.39 is 4.92 Å². The first-order valence-corrected chi connectivity index (χ1v) is 8.43. The Labute approximate surface area is 150 Å². The molecule has 7 heteroatoms. The Kier molecular flexibility index (Phi) is 5.19. The van der Waals surface area contributed by atoms with Gasteiger partial charge in [0.15, 0.2) is 0 Å². The molecule has 0 unspecified atom stereocenters. The maximum Gasteiger partial charge on any atom is 0.294 e. The Morgan fingerprint density at radius 3 is 2.36 bits per heavy atom. The molecule has 1 saturated heterocycles. The fourth-order valence-corrected chi connectivity index (χ4v) is 3.32. The number of rotatable bonds is 4. The molecule has 1 fully saturated rings. The van der Waals surface area contributed by atoms with Gasteiger partial charge in [-0.2, -0.15) is 0 Å². The number of nitrogens with zero attached hydrogens (tertiary/aromatic N) is 3. The van der Waals surface area contributed by atoms with Crippen molar-refractivity contribution in [2.45, 2.75) is 6.42 Å². The second-order valence-electron chi connectivity index (χ2n) is 5.89. The van der Waals surface area contributed by atoms with E-state index in [4.69, 9.17) is 11.6 Å². The summed E-state index contributed by atoms with van der Waals surface area (Å²) >= 11 is 6.19. The van der Waals surface area contributed by atoms with Gasteiger partial charge in [0.1, 0.15) is 5.69 Å². The van der Waals surface area contributed by atoms with Crippen LogP contribution in [0, 0.1) is 10.1 Å². The van der Waals surface area contributed by atoms with Gasteiger partial charge in [0, 0.05) is 32.2 Å². The maximum atomic E-state index is 12.4. The molecule has 0 N–H and O–H groups in total. The summed E-state index contributed by atoms with van der Waals surface area (Å²) in [5.41, 5.74) is 1.41. The van der Waals surface area contributed by atoms with E-state index in [0.29, 0.717) is 43.3 Å². The standard InChI is InChI=1S/C18H18ClN3O3/c19-15-7-4-8-16(22(24)25)18(15)21-11-9-20(10-12-21)17(23)13-14-5-2-1-3-6-14/h1-8H,9-13H2. The van der Waals surface area contributed by atoms with Crippen molar-refractivity contribution in [3.63, 3.8) is 0 Å². The van der Waals surface area contributed by atoms with Crippen LogP contribution in [0.25, 0.3) is 0 Å². The quantitative estimate of drug-likeness (QED) is 0.621. The Morgan fingerprint density at radius 2 is 1.72 bits per heavy atom. The smallest absolute Gasteiger partial charge is 0.294 e. The van der Waals surface area contributed by atoms with Crippen molar-refractivity contribution in [1.29, 1.82) is 0 Å². The van der Waals surface area contributed by atoms with Gasteiger partial charge in [-0.15, -0.1) is 0 Å². The number of piperazine rings is 1. The first-order chi connectivity index (χ1) is 12.1. The van der Waals surface area contributed by atoms with Gasteiger partial charge in [0.05, 0.1) is 16.4 Å². The average Bonchev–Trinajstić information content (AvgIpc) is 2.62. The number of anilines is 1. The van der Waals surface area contributed by atoms with Gasteiger partial charge in [0.2, 0.25) is 5.91 Å². The molecule has 0 bridgehead atoms. The normalized spacial score (nSPS) is 14.4. The minimum absolute atomic E-state index is 0.00318. The van der Waals surface area contributed by atoms with Crippen molar-refractivity contribution < 1.29 is 9.72 Å². The van der Waals surface area contributed by atoms with Gasteiger partial charge in [-0.1, -0.05) is 48.0 Å². The Balaban J connectivity index is 1.66. The van der Waals surface area contributed by atoms with Crippen LogP contribution in [0.4, 0.5) is 11.4 Å². The molecule has 0 aromatic heterocycles. The molecular formula is C18H18ClN3O3. The maximum absolute atomic E-state index is 12.4. The highest BCUT2D eigenvalue weighted by Crippen LogP contribution is 2.35. The molecule has 0 aliphatic carbocycles. The number of nitro benzene ring substituents is 1. The van der Waals surface area contributed by atoms with E-state index in [1.807, 2.05) is 35.2 Å². The van der Waals surface area contributed by atoms with Crippen molar-refractivity contribution in [1.82, 2.24) is 4.90 Å². The molecule has 25 heavy (non-hydrogen) atoms. The first kappa shape index (κ1) is 17.2. The van der Waals surface area contributed by atoms with E-state index in [0.717, 1.165) is 5.56 Å². The van der Waals surface area contributed by atoms with Crippen molar-refractivity contribution in [3.05, 3.63) is 69.2 Å². The zero-order valence-electron chi connectivity index (χ0n) is 13.6. The summed E-state index contributed by atoms with van der Waals surface area (Å²) in [6.07, 6.45) is 0.368. The van der Waals surface area contributed by atoms with Crippen LogP contribution in [-0.4, -0.2) is 41.9 Å². The molecule has 1 amide bonds. The first-order valence-electron chi connectivity index (χ1n) is 8.06. The third kappa shape index (κ3) is 3.91. The van der Waals surface area contributed by atoms with Crippen molar-refractivity contribution in [3.8, 4) is 0 Å². The van der Waals surface area contributed by atoms with E-state index in [9.17, 15) is 14.9 Å². The molecule has 0 radical (unpaired) electrons. The van der Waals surface area contributed by atoms with Crippen LogP contribution in [0.3, 0.4) is 0 Å². The molecule has 1 aliphatic rings. The highest BCUT2D eigenvalue weighted by Gasteiger charge is 2.27. The van der Waals surface area contributed by atoms with Crippen LogP contribution in [-0.2, 0) is 11.2 Å². The van der Waals surface area contributed by atoms with Gasteiger partial charge in [-0.25, -0.2) is 0 Å². The van der Waals surface area contributed by atoms with E-state index in [-0.39, 0.29) is 11.6 Å². The largest absolute Gasteiger partial charge is 0.361 e. The monoisotopic (exact) mass is 359 g/mol. The number of hydrogen-bond acceptors (Lipinski definition) is 4. The SMILES string of the molecule is O=C(Cc1ccccc1)N1CCN(c2c(Cl)cccc2[N+](=O)[O-])CC1. The predicted octanol–water partition coefficient (Wildman–Crippen LogP) is 3.14. The zero-order chi connectivity index (χ0) is 17.8. The molecule has 6 nitrogen and oxygen atoms in total. The second kappa shape index (κ2) is 7.53. The second-order valence-corrected chi connectivity index (χ2v) is 6.30. The summed E-state index contributed by atoms with van der Waals surface area (Å²) in [5.74, 6) is 0.0690. The minimum Gasteiger partial charge on any atom is -0.361 e. The molecule has 3 rings (SSSR count). The predicted molar refractivity (Wildman–Crippen MR) is 97.0 cm³/mol. The van der Waals surface area contributed by atoms with Crippen LogP contribution in [0.15, 0.2) is 48.5 Å². The van der Waals surface area contributed by atoms with Crippen LogP contribution < -0.4 is 4.90 Å². The lowest BCUT2D eigenvalue weighted by atomic mass is 10.1. The summed E-state index contributed by atoms with van der Waals surface area (Å²) in [5, 5.41) is 11.6. The van der Waals surface area contributed by atoms with Gasteiger partial charge >= 0.3 is 0 Å². The van der Waals surface area contributed by atoms with Gasteiger partial charge in [-0.3, -0.25) is 14.9 Å². The fourth-order valence-electron chi connectivity index (χ4n) is 3.03. The highest BCUT2D eigenvalue weighted by atomic mass is 35.5. The molecule has 0 spiro atoms. The lowest BCUT2D eigenvalue weighted by Gasteiger charge is -2.36. The van der Waals surface area contributed by atoms with Crippen molar-refractivity contribution >= 4 is 28.9 Å². The summed E-state index contributed by atoms with van der Waals surface area (Å²) in [6.45, 7) is 2.08. The number of nitro groups is 1. The van der Waals surface area contributed by atoms with E-state index in [1.54, 1.807) is 17.0 Å². The van der Waals surface area contributed by atoms with Crippen molar-refractivity contribution in [2.75, 3.05) is 31.1 Å². The summed E-state index contributed by atoms with van der Waals surface area (Å²) in [6, 6.07) is 14.3. The molecule has 2 aromatic carbocycles. The number of para-hydroxylation sites is 1. The third-order valence-electron chi connectivity index (χ3n) is 4.31. The van der Waals surface area contributed by atoms with E-state index in [2.05, 4.69) is 0 Å². The summed E-state index contributed by atoms with van der Waals surface area (Å²) < 4.78 is 0. The van der Waals surface area contributed by atoms with Crippen LogP contribution in [0.2, 0.25) is 5.02 Å². The van der Waals surface area contributed by atoms with Crippen molar-refractivity contribution in [2.24, 2.45) is 0 Å². The molecule has 1 heterocycles. The highest BCUT2D eigenvalue weighted by molar-refractivity contribution is 6.33. The van der Waals surface area contributed by atoms with E-state index >= 15 is 0 Å². The Morgan fingerprint density at radius 1 is 1.04 bits per heavy atom. The van der Waals surface area contributed by atoms with E-state index in [1.165, 1.54) is 6.07 Å². The lowest BCUT2D eigenvalue weighted by Crippen LogP contribution is -2.49. The van der Waals surface area contributed by atoms with Gasteiger partial charge in [0.25, 0.3) is 5.69 Å². The molecule has 0 saturated carbocycles. The van der Waals surface area contributed by atoms with Crippen LogP contribution in [0.5, 0.6) is 0 Å². The molecular weight excluding hydrogens is 342 g/mol. The van der Waals surface area contributed by atoms with Gasteiger partial charge < -0.3 is 9.80 Å². The Bertz CT molecular complexity index is 774. The summed E-state index contributed by atoms with van der Waals surface area (Å²) in [7, 11) is 0. The number of halogens is 1. The Hall–Kier alpha value is -2.60. The minimum atomic E-state index is -0.422. The molecule has 2 aromatic rings. The molecule has 1 aliphatic heterocycles. The molecule has 130 valence electrons. The summed E-state index contributed by atoms with van der Waals surface area (Å²) in [4.78, 5) is 26.9. The fraction of sp³-hybridized carbons (Fsp3) is 0.278. The molecule has 0 atom stereocenters. The number of amides is 1. The number of carbonyl (C=O) groups excluding carboxylic acids is 1.